The molecule has 4 rings (SSSR count). The van der Waals surface area contributed by atoms with Gasteiger partial charge in [-0.1, -0.05) is 48.0 Å². The Balaban J connectivity index is 1.55. The van der Waals surface area contributed by atoms with E-state index in [4.69, 9.17) is 17.3 Å². The fourth-order valence-corrected chi connectivity index (χ4v) is 3.61. The maximum Gasteiger partial charge on any atom is 0.321 e. The smallest absolute Gasteiger partial charge is 0.321 e. The summed E-state index contributed by atoms with van der Waals surface area (Å²) in [6.07, 6.45) is -0.172. The summed E-state index contributed by atoms with van der Waals surface area (Å²) in [7, 11) is 0. The zero-order valence-corrected chi connectivity index (χ0v) is 15.0. The van der Waals surface area contributed by atoms with E-state index in [1.54, 1.807) is 18.2 Å². The van der Waals surface area contributed by atoms with Crippen molar-refractivity contribution in [3.63, 3.8) is 0 Å². The first kappa shape index (κ1) is 17.4. The molecule has 0 saturated carbocycles. The van der Waals surface area contributed by atoms with Crippen LogP contribution in [-0.4, -0.2) is 27.4 Å². The first-order valence-electron chi connectivity index (χ1n) is 8.46. The quantitative estimate of drug-likeness (QED) is 0.477. The van der Waals surface area contributed by atoms with E-state index >= 15 is 0 Å². The van der Waals surface area contributed by atoms with Gasteiger partial charge in [0, 0.05) is 11.4 Å². The Hall–Kier alpha value is -3.03. The van der Waals surface area contributed by atoms with Crippen molar-refractivity contribution < 1.29 is 9.90 Å². The molecule has 1 aromatic heterocycles. The number of fused-ring (bicyclic) bond motifs is 1. The van der Waals surface area contributed by atoms with Crippen LogP contribution < -0.4 is 16.4 Å². The predicted octanol–water partition coefficient (Wildman–Crippen LogP) is 3.09. The van der Waals surface area contributed by atoms with Crippen LogP contribution in [0.3, 0.4) is 0 Å². The molecule has 27 heavy (non-hydrogen) atoms. The average Bonchev–Trinajstić information content (AvgIpc) is 3.15. The summed E-state index contributed by atoms with van der Waals surface area (Å²) in [6, 6.07) is 13.8. The normalized spacial score (nSPS) is 18.1. The zero-order valence-electron chi connectivity index (χ0n) is 14.2. The lowest BCUT2D eigenvalue weighted by Crippen LogP contribution is -2.37. The number of nitrogen functional groups attached to an aromatic ring is 1. The minimum Gasteiger partial charge on any atom is -0.390 e. The second-order valence-electron chi connectivity index (χ2n) is 6.42. The Morgan fingerprint density at radius 1 is 1.26 bits per heavy atom. The van der Waals surface area contributed by atoms with Crippen molar-refractivity contribution in [2.75, 3.05) is 11.1 Å². The summed E-state index contributed by atoms with van der Waals surface area (Å²) >= 11 is 6.05. The van der Waals surface area contributed by atoms with E-state index in [9.17, 15) is 9.90 Å². The number of hydrogen-bond acceptors (Lipinski definition) is 4. The van der Waals surface area contributed by atoms with Gasteiger partial charge in [0.25, 0.3) is 0 Å². The van der Waals surface area contributed by atoms with Gasteiger partial charge >= 0.3 is 6.03 Å². The van der Waals surface area contributed by atoms with Crippen molar-refractivity contribution in [3.8, 4) is 11.1 Å². The molecule has 0 saturated heterocycles. The number of halogens is 1. The Bertz CT molecular complexity index is 1000. The molecule has 6 N–H and O–H groups in total. The van der Waals surface area contributed by atoms with E-state index in [0.29, 0.717) is 22.8 Å². The van der Waals surface area contributed by atoms with Crippen LogP contribution in [0.15, 0.2) is 48.5 Å². The van der Waals surface area contributed by atoms with Crippen LogP contribution in [0.25, 0.3) is 11.1 Å². The second-order valence-corrected chi connectivity index (χ2v) is 6.85. The number of carbonyl (C=O) groups excluding carboxylic acids is 1. The lowest BCUT2D eigenvalue weighted by molar-refractivity contribution is 0.144. The molecule has 2 atom stereocenters. The van der Waals surface area contributed by atoms with E-state index in [0.717, 1.165) is 16.7 Å². The van der Waals surface area contributed by atoms with E-state index in [-0.39, 0.29) is 5.82 Å². The minimum absolute atomic E-state index is 0.285. The molecule has 2 amide bonds. The van der Waals surface area contributed by atoms with Crippen LogP contribution in [0.1, 0.15) is 17.2 Å². The van der Waals surface area contributed by atoms with Gasteiger partial charge in [-0.15, -0.1) is 0 Å². The molecule has 138 valence electrons. The monoisotopic (exact) mass is 383 g/mol. The van der Waals surface area contributed by atoms with Crippen LogP contribution in [0.2, 0.25) is 5.02 Å². The largest absolute Gasteiger partial charge is 0.390 e. The van der Waals surface area contributed by atoms with E-state index in [1.807, 2.05) is 30.3 Å². The van der Waals surface area contributed by atoms with Crippen LogP contribution >= 0.6 is 11.6 Å². The lowest BCUT2D eigenvalue weighted by Gasteiger charge is -2.18. The fourth-order valence-electron chi connectivity index (χ4n) is 3.41. The maximum atomic E-state index is 12.5. The van der Waals surface area contributed by atoms with Crippen LogP contribution in [0.4, 0.5) is 16.4 Å². The number of carbonyl (C=O) groups is 1. The van der Waals surface area contributed by atoms with Crippen molar-refractivity contribution in [1.82, 2.24) is 15.5 Å². The van der Waals surface area contributed by atoms with Gasteiger partial charge in [-0.05, 0) is 28.8 Å². The number of aromatic nitrogens is 2. The first-order valence-corrected chi connectivity index (χ1v) is 8.84. The van der Waals surface area contributed by atoms with Crippen molar-refractivity contribution in [2.45, 2.75) is 18.6 Å². The van der Waals surface area contributed by atoms with Gasteiger partial charge in [0.15, 0.2) is 5.82 Å². The highest BCUT2D eigenvalue weighted by Crippen LogP contribution is 2.34. The Morgan fingerprint density at radius 2 is 2.07 bits per heavy atom. The molecular formula is C19H18ClN5O2. The summed E-state index contributed by atoms with van der Waals surface area (Å²) in [5.41, 5.74) is 9.20. The summed E-state index contributed by atoms with van der Waals surface area (Å²) in [5, 5.41) is 23.1. The van der Waals surface area contributed by atoms with Crippen LogP contribution in [-0.2, 0) is 6.42 Å². The lowest BCUT2D eigenvalue weighted by atomic mass is 10.1. The van der Waals surface area contributed by atoms with Crippen molar-refractivity contribution in [2.24, 2.45) is 0 Å². The number of anilines is 2. The number of H-pyrrole nitrogens is 1. The number of urea groups is 1. The number of hydrogen-bond donors (Lipinski definition) is 5. The van der Waals surface area contributed by atoms with Gasteiger partial charge < -0.3 is 16.2 Å². The van der Waals surface area contributed by atoms with Gasteiger partial charge in [0.1, 0.15) is 5.82 Å². The summed E-state index contributed by atoms with van der Waals surface area (Å²) in [4.78, 5) is 12.5. The van der Waals surface area contributed by atoms with Gasteiger partial charge in [0.2, 0.25) is 0 Å². The second kappa shape index (κ2) is 6.94. The van der Waals surface area contributed by atoms with Gasteiger partial charge in [-0.2, -0.15) is 5.10 Å². The first-order chi connectivity index (χ1) is 13.0. The van der Waals surface area contributed by atoms with E-state index < -0.39 is 18.2 Å². The van der Waals surface area contributed by atoms with Crippen molar-refractivity contribution in [1.29, 1.82) is 0 Å². The van der Waals surface area contributed by atoms with E-state index in [1.165, 1.54) is 0 Å². The third-order valence-electron chi connectivity index (χ3n) is 4.63. The molecule has 7 nitrogen and oxygen atoms in total. The van der Waals surface area contributed by atoms with Crippen molar-refractivity contribution in [3.05, 3.63) is 64.7 Å². The topological polar surface area (TPSA) is 116 Å². The number of rotatable bonds is 3. The highest BCUT2D eigenvalue weighted by atomic mass is 35.5. The third-order valence-corrected chi connectivity index (χ3v) is 4.87. The maximum absolute atomic E-state index is 12.5. The molecule has 2 aromatic carbocycles. The number of amides is 2. The number of nitrogens with one attached hydrogen (secondary N) is 3. The summed E-state index contributed by atoms with van der Waals surface area (Å²) in [6.45, 7) is 0. The number of aliphatic hydroxyl groups excluding tert-OH is 1. The van der Waals surface area contributed by atoms with Gasteiger partial charge in [-0.25, -0.2) is 4.79 Å². The standard InChI is InChI=1S/C19H18ClN5O2/c20-12-6-3-5-11(8-12)15-17(21)24-25-18(15)23-19(27)22-16-13-7-2-1-4-10(13)9-14(16)26/h1-8,14,16,26H,9H2,(H5,21,22,23,24,25,27). The molecule has 8 heteroatoms. The van der Waals surface area contributed by atoms with Crippen molar-refractivity contribution >= 4 is 29.3 Å². The number of benzene rings is 2. The Labute approximate surface area is 160 Å². The molecule has 1 aliphatic rings. The molecule has 0 spiro atoms. The number of nitrogens with zero attached hydrogens (tertiary/aromatic N) is 1. The number of nitrogens with two attached hydrogens (primary N) is 1. The number of aromatic amines is 1. The summed E-state index contributed by atoms with van der Waals surface area (Å²) in [5.74, 6) is 0.604. The molecule has 0 radical (unpaired) electrons. The number of aliphatic hydroxyl groups is 1. The molecule has 3 aromatic rings. The highest BCUT2D eigenvalue weighted by Gasteiger charge is 2.32. The van der Waals surface area contributed by atoms with E-state index in [2.05, 4.69) is 20.8 Å². The van der Waals surface area contributed by atoms with Crippen LogP contribution in [0, 0.1) is 0 Å². The predicted molar refractivity (Wildman–Crippen MR) is 104 cm³/mol. The summed E-state index contributed by atoms with van der Waals surface area (Å²) < 4.78 is 0. The Kier molecular flexibility index (Phi) is 4.47. The SMILES string of the molecule is Nc1[nH]nc(NC(=O)NC2c3ccccc3CC2O)c1-c1cccc(Cl)c1. The molecular weight excluding hydrogens is 366 g/mol. The molecule has 0 bridgehead atoms. The van der Waals surface area contributed by atoms with Gasteiger partial charge in [0.05, 0.1) is 17.7 Å². The highest BCUT2D eigenvalue weighted by molar-refractivity contribution is 6.30. The molecule has 2 unspecified atom stereocenters. The molecule has 0 fully saturated rings. The Morgan fingerprint density at radius 3 is 2.89 bits per heavy atom. The zero-order chi connectivity index (χ0) is 19.0. The van der Waals surface area contributed by atoms with Gasteiger partial charge in [-0.3, -0.25) is 10.4 Å². The third kappa shape index (κ3) is 3.34. The fraction of sp³-hybridized carbons (Fsp3) is 0.158. The molecule has 1 heterocycles. The molecule has 1 aliphatic carbocycles. The molecule has 0 aliphatic heterocycles. The average molecular weight is 384 g/mol. The minimum atomic E-state index is -0.676. The van der Waals surface area contributed by atoms with Crippen LogP contribution in [0.5, 0.6) is 0 Å².